The Balaban J connectivity index is 1.66. The molecule has 0 fully saturated rings. The van der Waals surface area contributed by atoms with Gasteiger partial charge in [-0.3, -0.25) is 9.78 Å². The number of pyridine rings is 1. The smallest absolute Gasteiger partial charge is 0.282 e. The Morgan fingerprint density at radius 2 is 2.19 bits per heavy atom. The lowest BCUT2D eigenvalue weighted by Gasteiger charge is -2.13. The number of anilines is 1. The summed E-state index contributed by atoms with van der Waals surface area (Å²) in [5, 5.41) is 11.1. The lowest BCUT2D eigenvalue weighted by Crippen LogP contribution is -2.28. The van der Waals surface area contributed by atoms with Crippen molar-refractivity contribution >= 4 is 43.8 Å². The highest BCUT2D eigenvalue weighted by Crippen LogP contribution is 2.45. The van der Waals surface area contributed by atoms with E-state index in [0.29, 0.717) is 28.7 Å². The van der Waals surface area contributed by atoms with Gasteiger partial charge in [0.25, 0.3) is 6.43 Å². The Kier molecular flexibility index (Phi) is 6.90. The number of amides is 1. The average molecular weight is 466 g/mol. The van der Waals surface area contributed by atoms with E-state index in [1.54, 1.807) is 6.07 Å². The molecule has 166 valence electrons. The fourth-order valence-corrected chi connectivity index (χ4v) is 5.90. The number of thiazole rings is 1. The van der Waals surface area contributed by atoms with Crippen LogP contribution in [-0.2, 0) is 17.8 Å². The molecule has 1 aliphatic rings. The molecule has 0 spiro atoms. The summed E-state index contributed by atoms with van der Waals surface area (Å²) >= 11 is 2.90. The van der Waals surface area contributed by atoms with E-state index in [9.17, 15) is 13.6 Å². The number of nitrogens with zero attached hydrogens (tertiary/aromatic N) is 2. The number of carbonyl (C=O) groups is 1. The van der Waals surface area contributed by atoms with E-state index >= 15 is 0 Å². The summed E-state index contributed by atoms with van der Waals surface area (Å²) in [4.78, 5) is 22.1. The second-order valence-electron chi connectivity index (χ2n) is 7.56. The van der Waals surface area contributed by atoms with Gasteiger partial charge < -0.3 is 16.0 Å². The van der Waals surface area contributed by atoms with E-state index in [2.05, 4.69) is 39.8 Å². The maximum absolute atomic E-state index is 13.4. The second-order valence-corrected chi connectivity index (χ2v) is 9.69. The summed E-state index contributed by atoms with van der Waals surface area (Å²) in [6, 6.07) is 2.07. The Hall–Kier alpha value is -2.01. The van der Waals surface area contributed by atoms with Crippen LogP contribution in [0, 0.1) is 0 Å². The van der Waals surface area contributed by atoms with Crippen molar-refractivity contribution in [1.82, 2.24) is 20.6 Å². The van der Waals surface area contributed by atoms with Crippen LogP contribution in [0.5, 0.6) is 0 Å². The van der Waals surface area contributed by atoms with Crippen molar-refractivity contribution in [3.63, 3.8) is 0 Å². The number of nitrogens with one attached hydrogen (secondary N) is 3. The predicted octanol–water partition coefficient (Wildman–Crippen LogP) is 4.72. The van der Waals surface area contributed by atoms with E-state index in [0.717, 1.165) is 46.9 Å². The SMILES string of the molecule is CC[C@H](C)NCCC(=O)Nc1sc2c(c1-c1nc3c(C(F)F)nccc3s1)CCNC2. The lowest BCUT2D eigenvalue weighted by molar-refractivity contribution is -0.116. The van der Waals surface area contributed by atoms with Crippen LogP contribution in [0.1, 0.15) is 49.2 Å². The molecule has 6 nitrogen and oxygen atoms in total. The number of hydrogen-bond acceptors (Lipinski definition) is 7. The molecule has 1 atom stereocenters. The molecule has 1 aliphatic heterocycles. The molecule has 3 N–H and O–H groups in total. The van der Waals surface area contributed by atoms with Crippen LogP contribution in [0.4, 0.5) is 13.8 Å². The average Bonchev–Trinajstić information content (AvgIpc) is 3.33. The zero-order chi connectivity index (χ0) is 22.0. The Bertz CT molecular complexity index is 1080. The van der Waals surface area contributed by atoms with Crippen LogP contribution < -0.4 is 16.0 Å². The van der Waals surface area contributed by atoms with Crippen molar-refractivity contribution in [2.24, 2.45) is 0 Å². The molecule has 0 aromatic carbocycles. The molecule has 0 saturated carbocycles. The molecule has 0 aliphatic carbocycles. The Morgan fingerprint density at radius 1 is 1.35 bits per heavy atom. The van der Waals surface area contributed by atoms with Gasteiger partial charge in [0.05, 0.1) is 4.70 Å². The van der Waals surface area contributed by atoms with E-state index in [-0.39, 0.29) is 17.1 Å². The van der Waals surface area contributed by atoms with Crippen LogP contribution in [0.15, 0.2) is 12.3 Å². The monoisotopic (exact) mass is 465 g/mol. The fourth-order valence-electron chi connectivity index (χ4n) is 3.56. The third-order valence-corrected chi connectivity index (χ3v) is 7.58. The maximum atomic E-state index is 13.4. The van der Waals surface area contributed by atoms with Gasteiger partial charge in [-0.2, -0.15) is 0 Å². The largest absolute Gasteiger partial charge is 0.317 e. The van der Waals surface area contributed by atoms with E-state index < -0.39 is 6.43 Å². The third kappa shape index (κ3) is 4.77. The number of hydrogen-bond donors (Lipinski definition) is 3. The molecular formula is C21H25F2N5OS2. The van der Waals surface area contributed by atoms with Gasteiger partial charge >= 0.3 is 0 Å². The Morgan fingerprint density at radius 3 is 2.97 bits per heavy atom. The number of carbonyl (C=O) groups excluding carboxylic acids is 1. The highest BCUT2D eigenvalue weighted by Gasteiger charge is 2.26. The molecule has 31 heavy (non-hydrogen) atoms. The summed E-state index contributed by atoms with van der Waals surface area (Å²) in [5.41, 5.74) is 1.95. The van der Waals surface area contributed by atoms with E-state index in [4.69, 9.17) is 0 Å². The molecule has 0 unspecified atom stereocenters. The van der Waals surface area contributed by atoms with E-state index in [1.165, 1.54) is 28.9 Å². The molecular weight excluding hydrogens is 440 g/mol. The summed E-state index contributed by atoms with van der Waals surface area (Å²) in [5.74, 6) is -0.0698. The molecule has 1 amide bonds. The van der Waals surface area contributed by atoms with Gasteiger partial charge in [0.2, 0.25) is 5.91 Å². The summed E-state index contributed by atoms with van der Waals surface area (Å²) in [6.07, 6.45) is 0.887. The van der Waals surface area contributed by atoms with Crippen molar-refractivity contribution in [1.29, 1.82) is 0 Å². The molecule has 0 radical (unpaired) electrons. The standard InChI is InChI=1S/C21H25F2N5OS2/c1-3-11(2)25-9-6-15(29)27-20-16(12-4-7-24-10-14(12)31-20)21-28-17-13(30-21)5-8-26-18(17)19(22)23/h5,8,11,19,24-25H,3-4,6-7,9-10H2,1-2H3,(H,27,29)/t11-/m0/s1. The van der Waals surface area contributed by atoms with Gasteiger partial charge in [0.1, 0.15) is 21.2 Å². The first-order valence-electron chi connectivity index (χ1n) is 10.4. The van der Waals surface area contributed by atoms with Crippen LogP contribution in [0.2, 0.25) is 0 Å². The zero-order valence-corrected chi connectivity index (χ0v) is 19.1. The first kappa shape index (κ1) is 22.2. The second kappa shape index (κ2) is 9.64. The molecule has 4 heterocycles. The summed E-state index contributed by atoms with van der Waals surface area (Å²) in [7, 11) is 0. The van der Waals surface area contributed by atoms with Crippen molar-refractivity contribution in [2.45, 2.75) is 52.1 Å². The highest BCUT2D eigenvalue weighted by atomic mass is 32.1. The normalized spacial score (nSPS) is 14.7. The minimum Gasteiger partial charge on any atom is -0.317 e. The predicted molar refractivity (Wildman–Crippen MR) is 122 cm³/mol. The fraction of sp³-hybridized carbons (Fsp3) is 0.476. The number of alkyl halides is 2. The summed E-state index contributed by atoms with van der Waals surface area (Å²) < 4.78 is 27.5. The van der Waals surface area contributed by atoms with Gasteiger partial charge in [-0.15, -0.1) is 22.7 Å². The van der Waals surface area contributed by atoms with Crippen LogP contribution in [-0.4, -0.2) is 35.0 Å². The molecule has 0 bridgehead atoms. The third-order valence-electron chi connectivity index (χ3n) is 5.39. The maximum Gasteiger partial charge on any atom is 0.282 e. The van der Waals surface area contributed by atoms with Crippen molar-refractivity contribution in [3.05, 3.63) is 28.4 Å². The van der Waals surface area contributed by atoms with Gasteiger partial charge in [-0.05, 0) is 37.9 Å². The molecule has 0 saturated heterocycles. The van der Waals surface area contributed by atoms with Crippen LogP contribution in [0.3, 0.4) is 0 Å². The van der Waals surface area contributed by atoms with Gasteiger partial charge in [0, 0.05) is 42.2 Å². The molecule has 3 aromatic rings. The Labute approximate surface area is 187 Å². The lowest BCUT2D eigenvalue weighted by atomic mass is 10.0. The summed E-state index contributed by atoms with van der Waals surface area (Å²) in [6.45, 7) is 6.35. The van der Waals surface area contributed by atoms with Gasteiger partial charge in [-0.25, -0.2) is 13.8 Å². The van der Waals surface area contributed by atoms with Crippen molar-refractivity contribution in [2.75, 3.05) is 18.4 Å². The van der Waals surface area contributed by atoms with Crippen LogP contribution in [0.25, 0.3) is 20.8 Å². The number of halogens is 2. The topological polar surface area (TPSA) is 78.9 Å². The number of rotatable bonds is 8. The van der Waals surface area contributed by atoms with Gasteiger partial charge in [-0.1, -0.05) is 6.92 Å². The van der Waals surface area contributed by atoms with Crippen molar-refractivity contribution < 1.29 is 13.6 Å². The first-order chi connectivity index (χ1) is 15.0. The van der Waals surface area contributed by atoms with Gasteiger partial charge in [0.15, 0.2) is 0 Å². The minimum absolute atomic E-state index is 0.0698. The quantitative estimate of drug-likeness (QED) is 0.449. The minimum atomic E-state index is -2.68. The molecule has 10 heteroatoms. The number of aromatic nitrogens is 2. The number of thiophene rings is 1. The highest BCUT2D eigenvalue weighted by molar-refractivity contribution is 7.23. The number of fused-ring (bicyclic) bond motifs is 2. The first-order valence-corrected chi connectivity index (χ1v) is 12.0. The van der Waals surface area contributed by atoms with E-state index in [1.807, 2.05) is 0 Å². The zero-order valence-electron chi connectivity index (χ0n) is 17.4. The molecule has 4 rings (SSSR count). The molecule has 3 aromatic heterocycles. The van der Waals surface area contributed by atoms with Crippen LogP contribution >= 0.6 is 22.7 Å². The van der Waals surface area contributed by atoms with Crippen molar-refractivity contribution in [3.8, 4) is 10.6 Å².